The minimum Gasteiger partial charge on any atom is -0.357 e. The van der Waals surface area contributed by atoms with Gasteiger partial charge in [0.1, 0.15) is 5.25 Å². The summed E-state index contributed by atoms with van der Waals surface area (Å²) in [4.78, 5) is 0. The van der Waals surface area contributed by atoms with E-state index in [0.717, 1.165) is 0 Å². The van der Waals surface area contributed by atoms with Crippen molar-refractivity contribution in [3.8, 4) is 0 Å². The summed E-state index contributed by atoms with van der Waals surface area (Å²) in [5.41, 5.74) is 0. The van der Waals surface area contributed by atoms with Gasteiger partial charge in [-0.15, -0.1) is 0 Å². The molecule has 0 amide bonds. The van der Waals surface area contributed by atoms with Gasteiger partial charge in [-0.3, -0.25) is 4.72 Å². The highest BCUT2D eigenvalue weighted by molar-refractivity contribution is 7.96. The average Bonchev–Trinajstić information content (AvgIpc) is 2.22. The maximum atomic E-state index is 11.5. The summed E-state index contributed by atoms with van der Waals surface area (Å²) in [5, 5.41) is 1.71. The normalized spacial score (nSPS) is 38.1. The molecule has 80 valence electrons. The number of nitrogens with one attached hydrogen (secondary N) is 2. The first-order valence-corrected chi connectivity index (χ1v) is 7.60. The van der Waals surface area contributed by atoms with E-state index in [9.17, 15) is 16.8 Å². The van der Waals surface area contributed by atoms with E-state index in [2.05, 4.69) is 22.3 Å². The van der Waals surface area contributed by atoms with Crippen LogP contribution in [-0.2, 0) is 19.9 Å². The second kappa shape index (κ2) is 2.80. The van der Waals surface area contributed by atoms with Crippen molar-refractivity contribution < 1.29 is 16.8 Å². The fourth-order valence-corrected chi connectivity index (χ4v) is 6.42. The van der Waals surface area contributed by atoms with Gasteiger partial charge in [0.15, 0.2) is 14.9 Å². The van der Waals surface area contributed by atoms with Gasteiger partial charge in [0.2, 0.25) is 10.0 Å². The van der Waals surface area contributed by atoms with Gasteiger partial charge in [0.05, 0.1) is 17.5 Å². The van der Waals surface area contributed by atoms with E-state index >= 15 is 0 Å². The van der Waals surface area contributed by atoms with Crippen LogP contribution in [0.15, 0.2) is 0 Å². The largest absolute Gasteiger partial charge is 0.357 e. The fourth-order valence-electron chi connectivity index (χ4n) is 1.66. The third-order valence-electron chi connectivity index (χ3n) is 2.25. The van der Waals surface area contributed by atoms with E-state index < -0.39 is 31.2 Å². The molecule has 2 aliphatic heterocycles. The van der Waals surface area contributed by atoms with Gasteiger partial charge >= 0.3 is 0 Å². The smallest absolute Gasteiger partial charge is 0.240 e. The lowest BCUT2D eigenvalue weighted by Crippen LogP contribution is -2.59. The van der Waals surface area contributed by atoms with Crippen LogP contribution in [-0.4, -0.2) is 44.7 Å². The third kappa shape index (κ3) is 1.59. The van der Waals surface area contributed by atoms with Gasteiger partial charge in [0.25, 0.3) is 0 Å². The molecule has 2 heterocycles. The molecule has 2 saturated heterocycles. The Hall–Kier alpha value is -0.410. The summed E-state index contributed by atoms with van der Waals surface area (Å²) >= 11 is 4.66. The van der Waals surface area contributed by atoms with Crippen LogP contribution in [0.5, 0.6) is 0 Å². The third-order valence-corrected chi connectivity index (χ3v) is 6.33. The standard InChI is InChI=1S/C5H8N2O4S3/c8-13(9)1-3-4(2-13)14(10,11)7-5(12)6-3/h3-4H,1-2H2,(H2,6,7,12)/t3-,4+/m1/s1. The number of hydrogen-bond donors (Lipinski definition) is 2. The zero-order valence-electron chi connectivity index (χ0n) is 6.93. The summed E-state index contributed by atoms with van der Waals surface area (Å²) < 4.78 is 47.4. The van der Waals surface area contributed by atoms with Gasteiger partial charge in [-0.2, -0.15) is 0 Å². The first-order chi connectivity index (χ1) is 6.30. The average molecular weight is 256 g/mol. The molecule has 9 heteroatoms. The Kier molecular flexibility index (Phi) is 2.02. The van der Waals surface area contributed by atoms with Crippen LogP contribution in [0.2, 0.25) is 0 Å². The Balaban J connectivity index is 2.43. The molecule has 0 bridgehead atoms. The van der Waals surface area contributed by atoms with Crippen LogP contribution in [0.4, 0.5) is 0 Å². The first-order valence-electron chi connectivity index (χ1n) is 3.83. The lowest BCUT2D eigenvalue weighted by molar-refractivity contribution is 0.549. The van der Waals surface area contributed by atoms with E-state index in [0.29, 0.717) is 0 Å². The minimum absolute atomic E-state index is 0.0247. The van der Waals surface area contributed by atoms with Crippen molar-refractivity contribution in [2.24, 2.45) is 0 Å². The lowest BCUT2D eigenvalue weighted by atomic mass is 10.2. The molecule has 2 atom stereocenters. The van der Waals surface area contributed by atoms with Crippen LogP contribution in [0.25, 0.3) is 0 Å². The summed E-state index contributed by atoms with van der Waals surface area (Å²) in [5.74, 6) is -0.499. The van der Waals surface area contributed by atoms with E-state index in [1.54, 1.807) is 0 Å². The quantitative estimate of drug-likeness (QED) is 0.485. The van der Waals surface area contributed by atoms with Crippen molar-refractivity contribution in [3.63, 3.8) is 0 Å². The second-order valence-electron chi connectivity index (χ2n) is 3.34. The predicted octanol–water partition coefficient (Wildman–Crippen LogP) is -2.04. The van der Waals surface area contributed by atoms with Gasteiger partial charge in [-0.05, 0) is 12.2 Å². The fraction of sp³-hybridized carbons (Fsp3) is 0.800. The van der Waals surface area contributed by atoms with Gasteiger partial charge in [-0.25, -0.2) is 16.8 Å². The molecule has 6 nitrogen and oxygen atoms in total. The SMILES string of the molecule is O=S1(=O)C[C@H]2NC(=S)NS(=O)(=O)[C@H]2C1. The maximum absolute atomic E-state index is 11.5. The van der Waals surface area contributed by atoms with Crippen molar-refractivity contribution in [1.29, 1.82) is 0 Å². The van der Waals surface area contributed by atoms with Crippen LogP contribution >= 0.6 is 12.2 Å². The lowest BCUT2D eigenvalue weighted by Gasteiger charge is -2.27. The van der Waals surface area contributed by atoms with E-state index in [4.69, 9.17) is 0 Å². The van der Waals surface area contributed by atoms with Crippen molar-refractivity contribution >= 4 is 37.2 Å². The van der Waals surface area contributed by atoms with Gasteiger partial charge in [-0.1, -0.05) is 0 Å². The number of hydrogen-bond acceptors (Lipinski definition) is 5. The number of fused-ring (bicyclic) bond motifs is 1. The number of rotatable bonds is 0. The topological polar surface area (TPSA) is 92.3 Å². The highest BCUT2D eigenvalue weighted by Gasteiger charge is 2.48. The first kappa shape index (κ1) is 10.1. The van der Waals surface area contributed by atoms with Crippen LogP contribution in [0, 0.1) is 0 Å². The molecule has 0 unspecified atom stereocenters. The number of sulfonamides is 1. The van der Waals surface area contributed by atoms with Crippen molar-refractivity contribution in [2.75, 3.05) is 11.5 Å². The monoisotopic (exact) mass is 256 g/mol. The molecule has 0 aromatic carbocycles. The predicted molar refractivity (Wildman–Crippen MR) is 54.0 cm³/mol. The second-order valence-corrected chi connectivity index (χ2v) is 7.80. The Morgan fingerprint density at radius 1 is 1.21 bits per heavy atom. The molecule has 0 saturated carbocycles. The molecule has 0 spiro atoms. The molecule has 0 radical (unpaired) electrons. The van der Waals surface area contributed by atoms with Crippen molar-refractivity contribution in [1.82, 2.24) is 10.0 Å². The van der Waals surface area contributed by atoms with E-state index in [-0.39, 0.29) is 16.6 Å². The van der Waals surface area contributed by atoms with Gasteiger partial charge < -0.3 is 5.32 Å². The van der Waals surface area contributed by atoms with Crippen molar-refractivity contribution in [2.45, 2.75) is 11.3 Å². The maximum Gasteiger partial charge on any atom is 0.240 e. The highest BCUT2D eigenvalue weighted by atomic mass is 32.2. The Morgan fingerprint density at radius 3 is 2.50 bits per heavy atom. The molecule has 0 aromatic rings. The Bertz CT molecular complexity index is 479. The molecule has 0 aromatic heterocycles. The molecule has 2 rings (SSSR count). The summed E-state index contributed by atoms with van der Waals surface area (Å²) in [6, 6.07) is -0.598. The Labute approximate surface area is 87.0 Å². The van der Waals surface area contributed by atoms with Crippen LogP contribution < -0.4 is 10.0 Å². The zero-order chi connectivity index (χ0) is 10.6. The molecule has 2 N–H and O–H groups in total. The molecule has 0 aliphatic carbocycles. The van der Waals surface area contributed by atoms with E-state index in [1.165, 1.54) is 0 Å². The van der Waals surface area contributed by atoms with Crippen molar-refractivity contribution in [3.05, 3.63) is 0 Å². The molecule has 2 fully saturated rings. The summed E-state index contributed by atoms with van der Waals surface area (Å²) in [7, 11) is -6.88. The molecule has 2 aliphatic rings. The van der Waals surface area contributed by atoms with Crippen LogP contribution in [0.1, 0.15) is 0 Å². The minimum atomic E-state index is -3.61. The zero-order valence-corrected chi connectivity index (χ0v) is 9.38. The van der Waals surface area contributed by atoms with Crippen LogP contribution in [0.3, 0.4) is 0 Å². The number of thiocarbonyl (C=S) groups is 1. The van der Waals surface area contributed by atoms with Gasteiger partial charge in [0, 0.05) is 0 Å². The Morgan fingerprint density at radius 2 is 1.86 bits per heavy atom. The molecular formula is C5H8N2O4S3. The highest BCUT2D eigenvalue weighted by Crippen LogP contribution is 2.21. The molecule has 14 heavy (non-hydrogen) atoms. The van der Waals surface area contributed by atoms with E-state index in [1.807, 2.05) is 0 Å². The molecular weight excluding hydrogens is 248 g/mol. The summed E-state index contributed by atoms with van der Waals surface area (Å²) in [6.45, 7) is 0. The summed E-state index contributed by atoms with van der Waals surface area (Å²) in [6.07, 6.45) is 0. The number of sulfone groups is 1.